The Morgan fingerprint density at radius 3 is 2.60 bits per heavy atom. The van der Waals surface area contributed by atoms with Gasteiger partial charge in [-0.05, 0) is 20.8 Å². The lowest BCUT2D eigenvalue weighted by atomic mass is 10.2. The van der Waals surface area contributed by atoms with E-state index in [-0.39, 0.29) is 0 Å². The SMILES string of the molecule is C=C1C[C@H](NC(=O)OC(C)(C)C)C(=O)O1. The number of hydrogen-bond acceptors (Lipinski definition) is 4. The van der Waals surface area contributed by atoms with Crippen molar-refractivity contribution in [2.45, 2.75) is 38.8 Å². The fraction of sp³-hybridized carbons (Fsp3) is 0.600. The van der Waals surface area contributed by atoms with Crippen molar-refractivity contribution in [3.05, 3.63) is 12.3 Å². The van der Waals surface area contributed by atoms with Crippen molar-refractivity contribution in [2.24, 2.45) is 0 Å². The molecule has 1 atom stereocenters. The Bertz CT molecular complexity index is 303. The molecule has 0 bridgehead atoms. The lowest BCUT2D eigenvalue weighted by Crippen LogP contribution is -2.41. The van der Waals surface area contributed by atoms with Crippen LogP contribution >= 0.6 is 0 Å². The number of esters is 1. The van der Waals surface area contributed by atoms with Gasteiger partial charge in [0.2, 0.25) is 0 Å². The molecule has 5 nitrogen and oxygen atoms in total. The molecule has 1 rings (SSSR count). The van der Waals surface area contributed by atoms with Crippen LogP contribution in [0, 0.1) is 0 Å². The zero-order valence-corrected chi connectivity index (χ0v) is 9.12. The van der Waals surface area contributed by atoms with Gasteiger partial charge in [0, 0.05) is 6.42 Å². The quantitative estimate of drug-likeness (QED) is 0.667. The summed E-state index contributed by atoms with van der Waals surface area (Å²) in [6.45, 7) is 8.75. The first-order chi connectivity index (χ1) is 6.78. The van der Waals surface area contributed by atoms with E-state index in [1.807, 2.05) is 0 Å². The van der Waals surface area contributed by atoms with Crippen molar-refractivity contribution < 1.29 is 19.1 Å². The Kier molecular flexibility index (Phi) is 3.02. The number of carbonyl (C=O) groups excluding carboxylic acids is 2. The van der Waals surface area contributed by atoms with Gasteiger partial charge in [-0.25, -0.2) is 9.59 Å². The average molecular weight is 213 g/mol. The van der Waals surface area contributed by atoms with Crippen LogP contribution in [0.5, 0.6) is 0 Å². The highest BCUT2D eigenvalue weighted by molar-refractivity contribution is 5.84. The standard InChI is InChI=1S/C10H15NO4/c1-6-5-7(8(12)14-6)11-9(13)15-10(2,3)4/h7H,1,5H2,2-4H3,(H,11,13)/t7-/m0/s1. The highest BCUT2D eigenvalue weighted by Gasteiger charge is 2.32. The third kappa shape index (κ3) is 3.61. The second kappa shape index (κ2) is 3.92. The molecule has 0 spiro atoms. The van der Waals surface area contributed by atoms with E-state index in [2.05, 4.69) is 11.9 Å². The summed E-state index contributed by atoms with van der Waals surface area (Å²) in [4.78, 5) is 22.4. The van der Waals surface area contributed by atoms with E-state index in [1.54, 1.807) is 20.8 Å². The molecule has 15 heavy (non-hydrogen) atoms. The summed E-state index contributed by atoms with van der Waals surface area (Å²) >= 11 is 0. The fourth-order valence-corrected chi connectivity index (χ4v) is 1.13. The van der Waals surface area contributed by atoms with E-state index in [9.17, 15) is 9.59 Å². The summed E-state index contributed by atoms with van der Waals surface area (Å²) in [6, 6.07) is -0.674. The van der Waals surface area contributed by atoms with Crippen LogP contribution in [0.3, 0.4) is 0 Å². The third-order valence-corrected chi connectivity index (χ3v) is 1.65. The predicted octanol–water partition coefficient (Wildman–Crippen LogP) is 1.34. The van der Waals surface area contributed by atoms with E-state index in [0.29, 0.717) is 12.2 Å². The van der Waals surface area contributed by atoms with Gasteiger partial charge >= 0.3 is 12.1 Å². The van der Waals surface area contributed by atoms with Crippen LogP contribution in [-0.4, -0.2) is 23.7 Å². The Hall–Kier alpha value is -1.52. The molecule has 0 radical (unpaired) electrons. The molecule has 0 aromatic rings. The van der Waals surface area contributed by atoms with Crippen molar-refractivity contribution in [2.75, 3.05) is 0 Å². The minimum atomic E-state index is -0.674. The Morgan fingerprint density at radius 1 is 1.60 bits per heavy atom. The molecule has 1 heterocycles. The van der Waals surface area contributed by atoms with E-state index in [4.69, 9.17) is 9.47 Å². The Morgan fingerprint density at radius 2 is 2.20 bits per heavy atom. The van der Waals surface area contributed by atoms with Crippen LogP contribution in [0.15, 0.2) is 12.3 Å². The first-order valence-electron chi connectivity index (χ1n) is 4.67. The van der Waals surface area contributed by atoms with E-state index in [0.717, 1.165) is 0 Å². The molecule has 0 saturated carbocycles. The minimum Gasteiger partial charge on any atom is -0.444 e. The number of hydrogen-bond donors (Lipinski definition) is 1. The Labute approximate surface area is 88.4 Å². The van der Waals surface area contributed by atoms with Crippen LogP contribution in [-0.2, 0) is 14.3 Å². The summed E-state index contributed by atoms with van der Waals surface area (Å²) in [5.74, 6) is -0.132. The highest BCUT2D eigenvalue weighted by atomic mass is 16.6. The van der Waals surface area contributed by atoms with Crippen molar-refractivity contribution in [3.63, 3.8) is 0 Å². The van der Waals surface area contributed by atoms with Crippen LogP contribution in [0.1, 0.15) is 27.2 Å². The van der Waals surface area contributed by atoms with Crippen LogP contribution in [0.2, 0.25) is 0 Å². The van der Waals surface area contributed by atoms with Gasteiger partial charge in [0.05, 0.1) is 0 Å². The van der Waals surface area contributed by atoms with E-state index >= 15 is 0 Å². The molecule has 0 aromatic heterocycles. The number of rotatable bonds is 1. The first-order valence-corrected chi connectivity index (χ1v) is 4.67. The smallest absolute Gasteiger partial charge is 0.408 e. The largest absolute Gasteiger partial charge is 0.444 e. The topological polar surface area (TPSA) is 64.6 Å². The fourth-order valence-electron chi connectivity index (χ4n) is 1.13. The maximum atomic E-state index is 11.3. The normalized spacial score (nSPS) is 21.1. The molecule has 84 valence electrons. The van der Waals surface area contributed by atoms with Crippen LogP contribution in [0.4, 0.5) is 4.79 Å². The van der Waals surface area contributed by atoms with Gasteiger partial charge in [-0.15, -0.1) is 0 Å². The number of carbonyl (C=O) groups is 2. The molecular formula is C10H15NO4. The van der Waals surface area contributed by atoms with E-state index < -0.39 is 23.7 Å². The van der Waals surface area contributed by atoms with Crippen LogP contribution < -0.4 is 5.32 Å². The molecule has 0 unspecified atom stereocenters. The van der Waals surface area contributed by atoms with Gasteiger partial charge in [0.1, 0.15) is 17.4 Å². The zero-order valence-electron chi connectivity index (χ0n) is 9.12. The molecule has 1 N–H and O–H groups in total. The molecule has 1 aliphatic rings. The second-order valence-electron chi connectivity index (χ2n) is 4.36. The number of nitrogens with one attached hydrogen (secondary N) is 1. The third-order valence-electron chi connectivity index (χ3n) is 1.65. The highest BCUT2D eigenvalue weighted by Crippen LogP contribution is 2.17. The first kappa shape index (κ1) is 11.6. The summed E-state index contributed by atoms with van der Waals surface area (Å²) in [5.41, 5.74) is -0.580. The average Bonchev–Trinajstić information content (AvgIpc) is 2.25. The molecule has 1 amide bonds. The van der Waals surface area contributed by atoms with Gasteiger partial charge < -0.3 is 14.8 Å². The molecule has 0 aromatic carbocycles. The van der Waals surface area contributed by atoms with Crippen molar-refractivity contribution in [3.8, 4) is 0 Å². The number of ether oxygens (including phenoxy) is 2. The minimum absolute atomic E-state index is 0.304. The monoisotopic (exact) mass is 213 g/mol. The van der Waals surface area contributed by atoms with Gasteiger partial charge in [-0.1, -0.05) is 6.58 Å². The molecule has 5 heteroatoms. The molecule has 0 aliphatic carbocycles. The van der Waals surface area contributed by atoms with E-state index in [1.165, 1.54) is 0 Å². The van der Waals surface area contributed by atoms with Gasteiger partial charge in [0.15, 0.2) is 0 Å². The van der Waals surface area contributed by atoms with Gasteiger partial charge in [0.25, 0.3) is 0 Å². The Balaban J connectivity index is 2.45. The number of amides is 1. The lowest BCUT2D eigenvalue weighted by Gasteiger charge is -2.20. The van der Waals surface area contributed by atoms with Crippen LogP contribution in [0.25, 0.3) is 0 Å². The summed E-state index contributed by atoms with van der Waals surface area (Å²) in [6.07, 6.45) is -0.322. The van der Waals surface area contributed by atoms with Gasteiger partial charge in [-0.2, -0.15) is 0 Å². The molecule has 1 fully saturated rings. The van der Waals surface area contributed by atoms with Crippen molar-refractivity contribution in [1.29, 1.82) is 0 Å². The number of alkyl carbamates (subject to hydrolysis) is 1. The molecule has 1 aliphatic heterocycles. The maximum absolute atomic E-state index is 11.3. The molecule has 1 saturated heterocycles. The summed E-state index contributed by atoms with van der Waals surface area (Å²) in [5, 5.41) is 2.42. The lowest BCUT2D eigenvalue weighted by molar-refractivity contribution is -0.137. The second-order valence-corrected chi connectivity index (χ2v) is 4.36. The maximum Gasteiger partial charge on any atom is 0.408 e. The van der Waals surface area contributed by atoms with Crippen molar-refractivity contribution >= 4 is 12.1 Å². The number of cyclic esters (lactones) is 1. The molecular weight excluding hydrogens is 198 g/mol. The van der Waals surface area contributed by atoms with Crippen molar-refractivity contribution in [1.82, 2.24) is 5.32 Å². The summed E-state index contributed by atoms with van der Waals surface area (Å²) in [7, 11) is 0. The van der Waals surface area contributed by atoms with Gasteiger partial charge in [-0.3, -0.25) is 0 Å². The predicted molar refractivity (Wildman–Crippen MR) is 53.0 cm³/mol. The summed E-state index contributed by atoms with van der Waals surface area (Å²) < 4.78 is 9.70. The zero-order chi connectivity index (χ0) is 11.6.